The lowest BCUT2D eigenvalue weighted by Crippen LogP contribution is -2.23. The molecule has 0 aromatic carbocycles. The van der Waals surface area contributed by atoms with Crippen LogP contribution < -0.4 is 11.5 Å². The lowest BCUT2D eigenvalue weighted by molar-refractivity contribution is 0.0905. The van der Waals surface area contributed by atoms with E-state index in [4.69, 9.17) is 23.1 Å². The quantitative estimate of drug-likeness (QED) is 0.556. The fourth-order valence-electron chi connectivity index (χ4n) is 0.423. The molecule has 12 heavy (non-hydrogen) atoms. The van der Waals surface area contributed by atoms with Crippen LogP contribution in [-0.4, -0.2) is 22.4 Å². The van der Waals surface area contributed by atoms with Crippen LogP contribution in [0.5, 0.6) is 0 Å². The summed E-state index contributed by atoms with van der Waals surface area (Å²) in [5.74, 6) is 0. The number of allylic oxidation sites excluding steroid dienone is 1. The Morgan fingerprint density at radius 2 is 2.17 bits per heavy atom. The van der Waals surface area contributed by atoms with Crippen molar-refractivity contribution in [2.24, 2.45) is 16.5 Å². The van der Waals surface area contributed by atoms with Gasteiger partial charge in [-0.05, 0) is 13.8 Å². The van der Waals surface area contributed by atoms with Crippen LogP contribution in [0.15, 0.2) is 16.9 Å². The first kappa shape index (κ1) is 11.3. The van der Waals surface area contributed by atoms with Gasteiger partial charge in [-0.2, -0.15) is 0 Å². The van der Waals surface area contributed by atoms with E-state index in [0.29, 0.717) is 0 Å². The van der Waals surface area contributed by atoms with E-state index in [0.717, 1.165) is 6.20 Å². The second kappa shape index (κ2) is 4.33. The highest BCUT2D eigenvalue weighted by atomic mass is 35.5. The minimum absolute atomic E-state index is 0.125. The summed E-state index contributed by atoms with van der Waals surface area (Å²) in [5, 5.41) is 9.39. The summed E-state index contributed by atoms with van der Waals surface area (Å²) in [7, 11) is 0. The average Bonchev–Trinajstić information content (AvgIpc) is 1.97. The maximum atomic E-state index is 9.26. The zero-order chi connectivity index (χ0) is 9.78. The summed E-state index contributed by atoms with van der Waals surface area (Å²) in [6, 6.07) is 0. The van der Waals surface area contributed by atoms with Gasteiger partial charge in [0.2, 0.25) is 0 Å². The van der Waals surface area contributed by atoms with Gasteiger partial charge in [0.15, 0.2) is 0 Å². The zero-order valence-corrected chi connectivity index (χ0v) is 7.97. The second-order valence-electron chi connectivity index (χ2n) is 3.04. The van der Waals surface area contributed by atoms with Crippen molar-refractivity contribution in [3.8, 4) is 0 Å². The first-order valence-electron chi connectivity index (χ1n) is 3.47. The fraction of sp³-hybridized carbons (Fsp3) is 0.571. The molecule has 0 aromatic heterocycles. The van der Waals surface area contributed by atoms with Crippen LogP contribution in [0.3, 0.4) is 0 Å². The Morgan fingerprint density at radius 3 is 2.50 bits per heavy atom. The van der Waals surface area contributed by atoms with Crippen LogP contribution in [0.1, 0.15) is 13.8 Å². The first-order valence-corrected chi connectivity index (χ1v) is 3.84. The monoisotopic (exact) mass is 191 g/mol. The fourth-order valence-corrected chi connectivity index (χ4v) is 0.546. The molecule has 0 aromatic rings. The lowest BCUT2D eigenvalue weighted by Gasteiger charge is -2.13. The van der Waals surface area contributed by atoms with Gasteiger partial charge in [-0.15, -0.1) is 0 Å². The Morgan fingerprint density at radius 1 is 1.67 bits per heavy atom. The molecule has 0 amide bonds. The second-order valence-corrected chi connectivity index (χ2v) is 3.40. The molecule has 0 unspecified atom stereocenters. The molecule has 0 heterocycles. The number of hydrogen-bond donors (Lipinski definition) is 3. The minimum atomic E-state index is -0.880. The summed E-state index contributed by atoms with van der Waals surface area (Å²) in [5.41, 5.74) is 9.76. The largest absolute Gasteiger partial charge is 0.403 e. The predicted octanol–water partition coefficient (Wildman–Crippen LogP) is 0.153. The standard InChI is InChI=1S/C7H14ClN3O/c1-7(2,12)4-11-6(8)5(10)3-9/h3,12H,4,9-10H2,1-2H3/b5-3+,11-6?. The third-order valence-electron chi connectivity index (χ3n) is 1.02. The summed E-state index contributed by atoms with van der Waals surface area (Å²) >= 11 is 5.60. The topological polar surface area (TPSA) is 84.6 Å². The van der Waals surface area contributed by atoms with Gasteiger partial charge in [0, 0.05) is 6.20 Å². The number of nitrogens with zero attached hydrogens (tertiary/aromatic N) is 1. The van der Waals surface area contributed by atoms with Crippen molar-refractivity contribution < 1.29 is 5.11 Å². The molecule has 0 aliphatic carbocycles. The maximum Gasteiger partial charge on any atom is 0.148 e. The van der Waals surface area contributed by atoms with Gasteiger partial charge < -0.3 is 16.6 Å². The Hall–Kier alpha value is -0.740. The molecule has 0 rings (SSSR count). The number of rotatable bonds is 3. The highest BCUT2D eigenvalue weighted by molar-refractivity contribution is 6.69. The van der Waals surface area contributed by atoms with Gasteiger partial charge in [0.25, 0.3) is 0 Å². The summed E-state index contributed by atoms with van der Waals surface area (Å²) in [4.78, 5) is 3.82. The molecular weight excluding hydrogens is 178 g/mol. The van der Waals surface area contributed by atoms with E-state index in [9.17, 15) is 5.11 Å². The van der Waals surface area contributed by atoms with Crippen LogP contribution >= 0.6 is 11.6 Å². The third kappa shape index (κ3) is 4.98. The molecular formula is C7H14ClN3O. The molecule has 0 radical (unpaired) electrons. The first-order chi connectivity index (χ1) is 5.37. The molecule has 0 aliphatic rings. The average molecular weight is 192 g/mol. The molecule has 4 nitrogen and oxygen atoms in total. The van der Waals surface area contributed by atoms with Crippen molar-refractivity contribution in [3.05, 3.63) is 11.9 Å². The van der Waals surface area contributed by atoms with Crippen molar-refractivity contribution in [2.75, 3.05) is 6.54 Å². The van der Waals surface area contributed by atoms with E-state index in [1.54, 1.807) is 13.8 Å². The Balaban J connectivity index is 4.20. The van der Waals surface area contributed by atoms with E-state index in [1.165, 1.54) is 0 Å². The van der Waals surface area contributed by atoms with Crippen molar-refractivity contribution >= 4 is 16.8 Å². The minimum Gasteiger partial charge on any atom is -0.403 e. The van der Waals surface area contributed by atoms with Crippen LogP contribution in [0, 0.1) is 0 Å². The van der Waals surface area contributed by atoms with Gasteiger partial charge in [-0.25, -0.2) is 0 Å². The Kier molecular flexibility index (Phi) is 4.06. The van der Waals surface area contributed by atoms with Gasteiger partial charge in [0.1, 0.15) is 5.17 Å². The molecule has 5 N–H and O–H groups in total. The lowest BCUT2D eigenvalue weighted by atomic mass is 10.1. The SMILES string of the molecule is CC(C)(O)CN=C(Cl)/C(N)=C\N. The number of hydrogen-bond acceptors (Lipinski definition) is 4. The summed E-state index contributed by atoms with van der Waals surface area (Å²) < 4.78 is 0. The molecule has 0 saturated carbocycles. The zero-order valence-electron chi connectivity index (χ0n) is 7.21. The van der Waals surface area contributed by atoms with Crippen LogP contribution in [0.25, 0.3) is 0 Å². The van der Waals surface area contributed by atoms with Crippen molar-refractivity contribution in [3.63, 3.8) is 0 Å². The van der Waals surface area contributed by atoms with E-state index in [2.05, 4.69) is 4.99 Å². The summed E-state index contributed by atoms with van der Waals surface area (Å²) in [6.07, 6.45) is 1.16. The van der Waals surface area contributed by atoms with Crippen molar-refractivity contribution in [2.45, 2.75) is 19.4 Å². The maximum absolute atomic E-state index is 9.26. The number of halogens is 1. The van der Waals surface area contributed by atoms with E-state index in [-0.39, 0.29) is 17.4 Å². The van der Waals surface area contributed by atoms with Gasteiger partial charge >= 0.3 is 0 Å². The van der Waals surface area contributed by atoms with Crippen molar-refractivity contribution in [1.29, 1.82) is 0 Å². The molecule has 0 fully saturated rings. The third-order valence-corrected chi connectivity index (χ3v) is 1.36. The van der Waals surface area contributed by atoms with Crippen LogP contribution in [-0.2, 0) is 0 Å². The normalized spacial score (nSPS) is 15.0. The van der Waals surface area contributed by atoms with Crippen LogP contribution in [0.2, 0.25) is 0 Å². The van der Waals surface area contributed by atoms with E-state index >= 15 is 0 Å². The number of nitrogens with two attached hydrogens (primary N) is 2. The molecule has 0 atom stereocenters. The molecule has 0 spiro atoms. The molecule has 0 bridgehead atoms. The highest BCUT2D eigenvalue weighted by Gasteiger charge is 2.11. The van der Waals surface area contributed by atoms with E-state index in [1.807, 2.05) is 0 Å². The molecule has 0 aliphatic heterocycles. The number of aliphatic imine (C=N–C) groups is 1. The van der Waals surface area contributed by atoms with Crippen LogP contribution in [0.4, 0.5) is 0 Å². The smallest absolute Gasteiger partial charge is 0.148 e. The van der Waals surface area contributed by atoms with Gasteiger partial charge in [-0.1, -0.05) is 11.6 Å². The number of aliphatic hydroxyl groups is 1. The predicted molar refractivity (Wildman–Crippen MR) is 50.9 cm³/mol. The highest BCUT2D eigenvalue weighted by Crippen LogP contribution is 2.03. The molecule has 5 heteroatoms. The van der Waals surface area contributed by atoms with Gasteiger partial charge in [0.05, 0.1) is 17.8 Å². The van der Waals surface area contributed by atoms with E-state index < -0.39 is 5.60 Å². The molecule has 0 saturated heterocycles. The summed E-state index contributed by atoms with van der Waals surface area (Å²) in [6.45, 7) is 3.45. The molecule has 70 valence electrons. The van der Waals surface area contributed by atoms with Gasteiger partial charge in [-0.3, -0.25) is 4.99 Å². The Bertz CT molecular complexity index is 205. The van der Waals surface area contributed by atoms with Crippen molar-refractivity contribution in [1.82, 2.24) is 0 Å². The Labute approximate surface area is 76.9 Å².